The zero-order chi connectivity index (χ0) is 37.7. The van der Waals surface area contributed by atoms with E-state index in [1.165, 1.54) is 6.92 Å². The Balaban J connectivity index is 1.30. The molecule has 5 aromatic rings. The third-order valence-corrected chi connectivity index (χ3v) is 8.93. The molecule has 5 rings (SSSR count). The van der Waals surface area contributed by atoms with Crippen LogP contribution in [0.2, 0.25) is 0 Å². The first kappa shape index (κ1) is 38.0. The number of hydrogen-bond donors (Lipinski definition) is 7. The smallest absolute Gasteiger partial charge is 0.326 e. The van der Waals surface area contributed by atoms with Crippen LogP contribution in [0.3, 0.4) is 0 Å². The largest absolute Gasteiger partial charge is 0.480 e. The van der Waals surface area contributed by atoms with Crippen LogP contribution in [0.1, 0.15) is 29.2 Å². The van der Waals surface area contributed by atoms with Gasteiger partial charge in [-0.2, -0.15) is 0 Å². The maximum absolute atomic E-state index is 13.8. The van der Waals surface area contributed by atoms with Crippen LogP contribution >= 0.6 is 0 Å². The van der Waals surface area contributed by atoms with Gasteiger partial charge in [0.25, 0.3) is 0 Å². The number of H-pyrrole nitrogens is 1. The van der Waals surface area contributed by atoms with Gasteiger partial charge in [-0.1, -0.05) is 109 Å². The van der Waals surface area contributed by atoms with E-state index in [-0.39, 0.29) is 25.7 Å². The Hall–Kier alpha value is -6.27. The lowest BCUT2D eigenvalue weighted by Crippen LogP contribution is -2.58. The Morgan fingerprint density at radius 3 is 1.60 bits per heavy atom. The molecule has 12 heteroatoms. The summed E-state index contributed by atoms with van der Waals surface area (Å²) < 4.78 is 0. The molecule has 0 radical (unpaired) electrons. The van der Waals surface area contributed by atoms with Crippen LogP contribution in [0, 0.1) is 0 Å². The molecule has 0 saturated heterocycles. The Labute approximate surface area is 307 Å². The summed E-state index contributed by atoms with van der Waals surface area (Å²) in [7, 11) is 0. The van der Waals surface area contributed by atoms with Gasteiger partial charge < -0.3 is 37.1 Å². The summed E-state index contributed by atoms with van der Waals surface area (Å²) in [5, 5.41) is 21.5. The molecule has 12 nitrogen and oxygen atoms in total. The van der Waals surface area contributed by atoms with Gasteiger partial charge >= 0.3 is 5.97 Å². The van der Waals surface area contributed by atoms with Crippen LogP contribution < -0.4 is 27.0 Å². The number of fused-ring (bicyclic) bond motifs is 1. The Kier molecular flexibility index (Phi) is 13.1. The van der Waals surface area contributed by atoms with Crippen molar-refractivity contribution >= 4 is 40.5 Å². The quantitative estimate of drug-likeness (QED) is 0.0769. The normalized spacial score (nSPS) is 13.8. The van der Waals surface area contributed by atoms with E-state index in [4.69, 9.17) is 5.73 Å². The van der Waals surface area contributed by atoms with Gasteiger partial charge in [0.05, 0.1) is 6.04 Å². The zero-order valence-electron chi connectivity index (χ0n) is 29.3. The van der Waals surface area contributed by atoms with Crippen LogP contribution in [0.5, 0.6) is 0 Å². The summed E-state index contributed by atoms with van der Waals surface area (Å²) in [5.74, 6) is -3.76. The number of rotatable bonds is 17. The standard InChI is InChI=1S/C41H44N6O6/c1-26(37(48)45-34(22-28-15-7-3-8-16-28)40(51)47-36(41(52)53)23-29-17-9-4-10-18-29)44-39(50)35(24-30-25-43-33-20-12-11-19-31(30)33)46-38(49)32(42)21-27-13-5-2-6-14-27/h2-20,25-26,32,34-36,43H,21-24,42H2,1H3,(H,44,50)(H,45,48)(H,46,49)(H,47,51)(H,52,53)/t26-,32-,34-,35-,36-/m1/s1. The van der Waals surface area contributed by atoms with Gasteiger partial charge in [0.15, 0.2) is 0 Å². The highest BCUT2D eigenvalue weighted by atomic mass is 16.4. The number of aliphatic carboxylic acids is 1. The molecular weight excluding hydrogens is 672 g/mol. The maximum atomic E-state index is 13.8. The van der Waals surface area contributed by atoms with Gasteiger partial charge in [-0.25, -0.2) is 4.79 Å². The number of carboxylic acids is 1. The summed E-state index contributed by atoms with van der Waals surface area (Å²) in [4.78, 5) is 69.7. The number of nitrogens with two attached hydrogens (primary N) is 1. The topological polar surface area (TPSA) is 196 Å². The highest BCUT2D eigenvalue weighted by Gasteiger charge is 2.31. The molecule has 0 saturated carbocycles. The van der Waals surface area contributed by atoms with Gasteiger partial charge in [0.1, 0.15) is 24.2 Å². The third kappa shape index (κ3) is 10.9. The summed E-state index contributed by atoms with van der Waals surface area (Å²) in [5.41, 5.74) is 10.2. The van der Waals surface area contributed by atoms with E-state index in [0.717, 1.165) is 33.2 Å². The van der Waals surface area contributed by atoms with Gasteiger partial charge in [-0.3, -0.25) is 19.2 Å². The van der Waals surface area contributed by atoms with Crippen LogP contribution in [0.25, 0.3) is 10.9 Å². The molecule has 4 aromatic carbocycles. The second kappa shape index (κ2) is 18.3. The van der Waals surface area contributed by atoms with E-state index in [0.29, 0.717) is 0 Å². The first-order valence-electron chi connectivity index (χ1n) is 17.4. The number of benzene rings is 4. The molecule has 8 N–H and O–H groups in total. The molecule has 0 spiro atoms. The molecule has 4 amide bonds. The molecule has 1 aromatic heterocycles. The molecule has 0 aliphatic carbocycles. The minimum atomic E-state index is -1.25. The number of carbonyl (C=O) groups excluding carboxylic acids is 4. The maximum Gasteiger partial charge on any atom is 0.326 e. The molecule has 274 valence electrons. The first-order valence-corrected chi connectivity index (χ1v) is 17.4. The monoisotopic (exact) mass is 716 g/mol. The van der Waals surface area contributed by atoms with Crippen molar-refractivity contribution in [2.45, 2.75) is 62.8 Å². The lowest BCUT2D eigenvalue weighted by atomic mass is 10.0. The third-order valence-electron chi connectivity index (χ3n) is 8.93. The molecule has 0 aliphatic rings. The SMILES string of the molecule is C[C@@H](NC(=O)[C@@H](Cc1c[nH]c2ccccc12)NC(=O)[C@H](N)Cc1ccccc1)C(=O)N[C@H](Cc1ccccc1)C(=O)N[C@H](Cc1ccccc1)C(=O)O. The fourth-order valence-corrected chi connectivity index (χ4v) is 6.03. The Morgan fingerprint density at radius 1 is 0.566 bits per heavy atom. The predicted octanol–water partition coefficient (Wildman–Crippen LogP) is 2.81. The highest BCUT2D eigenvalue weighted by molar-refractivity contribution is 5.96. The number of aromatic nitrogens is 1. The first-order chi connectivity index (χ1) is 25.6. The number of aromatic amines is 1. The molecule has 0 aliphatic heterocycles. The van der Waals surface area contributed by atoms with E-state index in [1.807, 2.05) is 66.7 Å². The predicted molar refractivity (Wildman–Crippen MR) is 201 cm³/mol. The summed E-state index contributed by atoms with van der Waals surface area (Å²) in [6, 6.07) is 29.1. The van der Waals surface area contributed by atoms with Crippen molar-refractivity contribution in [1.29, 1.82) is 0 Å². The van der Waals surface area contributed by atoms with Gasteiger partial charge in [-0.15, -0.1) is 0 Å². The molecular formula is C41H44N6O6. The molecule has 0 bridgehead atoms. The molecule has 5 atom stereocenters. The fourth-order valence-electron chi connectivity index (χ4n) is 6.03. The number of hydrogen-bond acceptors (Lipinski definition) is 6. The minimum absolute atomic E-state index is 0.0406. The van der Waals surface area contributed by atoms with Crippen molar-refractivity contribution in [3.05, 3.63) is 144 Å². The Bertz CT molecular complexity index is 2000. The second-order valence-corrected chi connectivity index (χ2v) is 13.0. The molecule has 0 unspecified atom stereocenters. The number of amides is 4. The van der Waals surface area contributed by atoms with Crippen LogP contribution in [0.15, 0.2) is 121 Å². The van der Waals surface area contributed by atoms with E-state index >= 15 is 0 Å². The van der Waals surface area contributed by atoms with Crippen LogP contribution in [-0.2, 0) is 49.7 Å². The van der Waals surface area contributed by atoms with E-state index in [2.05, 4.69) is 26.3 Å². The van der Waals surface area contributed by atoms with E-state index < -0.39 is 59.8 Å². The summed E-state index contributed by atoms with van der Waals surface area (Å²) in [6.07, 6.45) is 2.23. The van der Waals surface area contributed by atoms with E-state index in [1.54, 1.807) is 54.7 Å². The van der Waals surface area contributed by atoms with Crippen LogP contribution in [-0.4, -0.2) is 69.9 Å². The van der Waals surface area contributed by atoms with Crippen molar-refractivity contribution in [2.75, 3.05) is 0 Å². The average molecular weight is 717 g/mol. The van der Waals surface area contributed by atoms with Crippen molar-refractivity contribution < 1.29 is 29.1 Å². The summed E-state index contributed by atoms with van der Waals surface area (Å²) in [6.45, 7) is 1.46. The Morgan fingerprint density at radius 2 is 1.02 bits per heavy atom. The lowest BCUT2D eigenvalue weighted by molar-refractivity contribution is -0.142. The zero-order valence-corrected chi connectivity index (χ0v) is 29.3. The number of para-hydroxylation sites is 1. The summed E-state index contributed by atoms with van der Waals surface area (Å²) >= 11 is 0. The van der Waals surface area contributed by atoms with Gasteiger partial charge in [0.2, 0.25) is 23.6 Å². The highest BCUT2D eigenvalue weighted by Crippen LogP contribution is 2.19. The second-order valence-electron chi connectivity index (χ2n) is 13.0. The minimum Gasteiger partial charge on any atom is -0.480 e. The molecule has 1 heterocycles. The lowest BCUT2D eigenvalue weighted by Gasteiger charge is -2.25. The molecule has 53 heavy (non-hydrogen) atoms. The van der Waals surface area contributed by atoms with Gasteiger partial charge in [-0.05, 0) is 41.7 Å². The average Bonchev–Trinajstić information content (AvgIpc) is 3.57. The van der Waals surface area contributed by atoms with Crippen molar-refractivity contribution in [3.8, 4) is 0 Å². The van der Waals surface area contributed by atoms with Crippen LogP contribution in [0.4, 0.5) is 0 Å². The van der Waals surface area contributed by atoms with Crippen molar-refractivity contribution in [2.24, 2.45) is 5.73 Å². The van der Waals surface area contributed by atoms with Crippen molar-refractivity contribution in [1.82, 2.24) is 26.3 Å². The number of nitrogens with one attached hydrogen (secondary N) is 5. The molecule has 0 fully saturated rings. The fraction of sp³-hybridized carbons (Fsp3) is 0.244. The van der Waals surface area contributed by atoms with E-state index in [9.17, 15) is 29.1 Å². The van der Waals surface area contributed by atoms with Crippen molar-refractivity contribution in [3.63, 3.8) is 0 Å². The van der Waals surface area contributed by atoms with Gasteiger partial charge in [0, 0.05) is 36.4 Å². The number of carbonyl (C=O) groups is 5. The number of carboxylic acid groups (broad SMARTS) is 1.